The number of carbonyl (C=O) groups is 1. The van der Waals surface area contributed by atoms with Gasteiger partial charge in [-0.15, -0.1) is 0 Å². The highest BCUT2D eigenvalue weighted by molar-refractivity contribution is 5.97. The molecule has 21 heavy (non-hydrogen) atoms. The van der Waals surface area contributed by atoms with Crippen LogP contribution >= 0.6 is 0 Å². The maximum Gasteiger partial charge on any atom is 0.230 e. The number of anilines is 1. The number of amides is 1. The predicted octanol–water partition coefficient (Wildman–Crippen LogP) is 2.50. The molecule has 1 aromatic rings. The first-order chi connectivity index (χ1) is 10.0. The van der Waals surface area contributed by atoms with Gasteiger partial charge in [0.2, 0.25) is 5.91 Å². The van der Waals surface area contributed by atoms with Crippen molar-refractivity contribution in [2.45, 2.75) is 45.8 Å². The van der Waals surface area contributed by atoms with E-state index in [0.29, 0.717) is 12.6 Å². The van der Waals surface area contributed by atoms with Gasteiger partial charge in [0.25, 0.3) is 0 Å². The second-order valence-corrected chi connectivity index (χ2v) is 6.42. The smallest absolute Gasteiger partial charge is 0.230 e. The zero-order valence-electron chi connectivity index (χ0n) is 13.1. The van der Waals surface area contributed by atoms with Crippen LogP contribution in [0.1, 0.15) is 32.3 Å². The molecule has 2 aliphatic heterocycles. The van der Waals surface area contributed by atoms with E-state index in [2.05, 4.69) is 12.2 Å². The number of benzene rings is 1. The highest BCUT2D eigenvalue weighted by atomic mass is 16.5. The topological polar surface area (TPSA) is 41.6 Å². The third-order valence-electron chi connectivity index (χ3n) is 4.41. The van der Waals surface area contributed by atoms with Crippen molar-refractivity contribution in [3.05, 3.63) is 23.8 Å². The monoisotopic (exact) mass is 288 g/mol. The Balaban J connectivity index is 1.86. The highest BCUT2D eigenvalue weighted by Gasteiger charge is 2.33. The second kappa shape index (κ2) is 5.68. The van der Waals surface area contributed by atoms with Gasteiger partial charge in [-0.3, -0.25) is 4.79 Å². The van der Waals surface area contributed by atoms with Crippen molar-refractivity contribution >= 4 is 11.6 Å². The average molecular weight is 288 g/mol. The van der Waals surface area contributed by atoms with Crippen molar-refractivity contribution in [3.63, 3.8) is 0 Å². The Hall–Kier alpha value is -1.55. The maximum atomic E-state index is 12.9. The number of hydrogen-bond acceptors (Lipinski definition) is 3. The van der Waals surface area contributed by atoms with E-state index in [0.717, 1.165) is 36.4 Å². The van der Waals surface area contributed by atoms with Gasteiger partial charge in [-0.05, 0) is 57.9 Å². The van der Waals surface area contributed by atoms with Crippen LogP contribution in [0.2, 0.25) is 0 Å². The third-order valence-corrected chi connectivity index (χ3v) is 4.41. The molecule has 114 valence electrons. The summed E-state index contributed by atoms with van der Waals surface area (Å²) in [5, 5.41) is 3.41. The Morgan fingerprint density at radius 3 is 2.95 bits per heavy atom. The molecule has 4 heteroatoms. The van der Waals surface area contributed by atoms with Gasteiger partial charge in [0.05, 0.1) is 12.2 Å². The molecular weight excluding hydrogens is 264 g/mol. The zero-order valence-corrected chi connectivity index (χ0v) is 13.1. The maximum absolute atomic E-state index is 12.9. The van der Waals surface area contributed by atoms with Gasteiger partial charge >= 0.3 is 0 Å². The van der Waals surface area contributed by atoms with E-state index in [-0.39, 0.29) is 17.9 Å². The van der Waals surface area contributed by atoms with E-state index in [4.69, 9.17) is 4.74 Å². The van der Waals surface area contributed by atoms with Gasteiger partial charge in [0.1, 0.15) is 11.9 Å². The van der Waals surface area contributed by atoms with E-state index in [1.165, 1.54) is 0 Å². The van der Waals surface area contributed by atoms with Gasteiger partial charge in [0, 0.05) is 12.0 Å². The minimum absolute atomic E-state index is 0.0439. The van der Waals surface area contributed by atoms with Gasteiger partial charge < -0.3 is 15.0 Å². The summed E-state index contributed by atoms with van der Waals surface area (Å²) in [5.41, 5.74) is 2.08. The lowest BCUT2D eigenvalue weighted by atomic mass is 9.91. The van der Waals surface area contributed by atoms with Crippen LogP contribution in [0.3, 0.4) is 0 Å². The fraction of sp³-hybridized carbons (Fsp3) is 0.588. The van der Waals surface area contributed by atoms with Gasteiger partial charge in [-0.25, -0.2) is 0 Å². The van der Waals surface area contributed by atoms with Gasteiger partial charge in [-0.2, -0.15) is 0 Å². The first kappa shape index (κ1) is 14.4. The Morgan fingerprint density at radius 2 is 2.19 bits per heavy atom. The summed E-state index contributed by atoms with van der Waals surface area (Å²) >= 11 is 0. The fourth-order valence-electron chi connectivity index (χ4n) is 3.33. The largest absolute Gasteiger partial charge is 0.487 e. The average Bonchev–Trinajstić information content (AvgIpc) is 2.45. The number of nitrogens with one attached hydrogen (secondary N) is 1. The number of ether oxygens (including phenoxy) is 1. The van der Waals surface area contributed by atoms with Crippen LogP contribution in [0.15, 0.2) is 18.2 Å². The number of nitrogens with zero attached hydrogens (tertiary/aromatic N) is 1. The van der Waals surface area contributed by atoms with Crippen LogP contribution < -0.4 is 15.0 Å². The number of rotatable bonds is 1. The van der Waals surface area contributed by atoms with Crippen LogP contribution in [0.4, 0.5) is 5.69 Å². The Labute approximate surface area is 126 Å². The standard InChI is InChI=1S/C17H24N2O2/c1-11-4-5-15-16(8-11)21-13(3)10-19(15)17(20)14-6-7-18-12(2)9-14/h4-5,8,12-14,18H,6-7,9-10H2,1-3H3/t12-,13?,14-/m0/s1. The molecule has 1 unspecified atom stereocenters. The molecule has 2 aliphatic rings. The Bertz CT molecular complexity index is 544. The summed E-state index contributed by atoms with van der Waals surface area (Å²) in [6.07, 6.45) is 1.89. The lowest BCUT2D eigenvalue weighted by Crippen LogP contribution is -2.48. The van der Waals surface area contributed by atoms with Gasteiger partial charge in [-0.1, -0.05) is 6.07 Å². The summed E-state index contributed by atoms with van der Waals surface area (Å²) in [6, 6.07) is 6.50. The van der Waals surface area contributed by atoms with Crippen LogP contribution in [-0.2, 0) is 4.79 Å². The molecule has 1 aromatic carbocycles. The molecule has 3 rings (SSSR count). The molecule has 0 aromatic heterocycles. The summed E-state index contributed by atoms with van der Waals surface area (Å²) in [7, 11) is 0. The van der Waals surface area contributed by atoms with Crippen molar-refractivity contribution in [3.8, 4) is 5.75 Å². The molecule has 2 heterocycles. The number of hydrogen-bond donors (Lipinski definition) is 1. The molecule has 1 saturated heterocycles. The van der Waals surface area contributed by atoms with Crippen molar-refractivity contribution in [2.24, 2.45) is 5.92 Å². The zero-order chi connectivity index (χ0) is 15.0. The minimum Gasteiger partial charge on any atom is -0.487 e. The molecule has 4 nitrogen and oxygen atoms in total. The number of piperidine rings is 1. The SMILES string of the molecule is Cc1ccc2c(c1)OC(C)CN2C(=O)[C@H]1CCN[C@@H](C)C1. The normalized spacial score (nSPS) is 28.7. The molecule has 0 saturated carbocycles. The van der Waals surface area contributed by atoms with E-state index in [1.807, 2.05) is 36.9 Å². The van der Waals surface area contributed by atoms with E-state index >= 15 is 0 Å². The highest BCUT2D eigenvalue weighted by Crippen LogP contribution is 2.36. The van der Waals surface area contributed by atoms with Crippen LogP contribution in [-0.4, -0.2) is 31.1 Å². The first-order valence-corrected chi connectivity index (χ1v) is 7.86. The molecule has 1 fully saturated rings. The number of carbonyl (C=O) groups excluding carboxylic acids is 1. The fourth-order valence-corrected chi connectivity index (χ4v) is 3.33. The molecular formula is C17H24N2O2. The molecule has 0 bridgehead atoms. The molecule has 0 radical (unpaired) electrons. The Kier molecular flexibility index (Phi) is 3.89. The minimum atomic E-state index is 0.0439. The third kappa shape index (κ3) is 2.91. The van der Waals surface area contributed by atoms with Crippen LogP contribution in [0, 0.1) is 12.8 Å². The van der Waals surface area contributed by atoms with Gasteiger partial charge in [0.15, 0.2) is 0 Å². The molecule has 3 atom stereocenters. The van der Waals surface area contributed by atoms with Crippen molar-refractivity contribution in [1.82, 2.24) is 5.32 Å². The summed E-state index contributed by atoms with van der Waals surface area (Å²) in [4.78, 5) is 14.9. The lowest BCUT2D eigenvalue weighted by molar-refractivity contribution is -0.123. The summed E-state index contributed by atoms with van der Waals surface area (Å²) in [6.45, 7) is 7.80. The molecule has 1 amide bonds. The van der Waals surface area contributed by atoms with Crippen LogP contribution in [0.5, 0.6) is 5.75 Å². The summed E-state index contributed by atoms with van der Waals surface area (Å²) in [5.74, 6) is 1.22. The van der Waals surface area contributed by atoms with E-state index in [1.54, 1.807) is 0 Å². The number of aryl methyl sites for hydroxylation is 1. The lowest BCUT2D eigenvalue weighted by Gasteiger charge is -2.37. The number of fused-ring (bicyclic) bond motifs is 1. The second-order valence-electron chi connectivity index (χ2n) is 6.42. The first-order valence-electron chi connectivity index (χ1n) is 7.86. The quantitative estimate of drug-likeness (QED) is 0.863. The molecule has 1 N–H and O–H groups in total. The predicted molar refractivity (Wildman–Crippen MR) is 83.8 cm³/mol. The Morgan fingerprint density at radius 1 is 1.38 bits per heavy atom. The molecule has 0 aliphatic carbocycles. The summed E-state index contributed by atoms with van der Waals surface area (Å²) < 4.78 is 5.90. The van der Waals surface area contributed by atoms with Crippen molar-refractivity contribution in [2.75, 3.05) is 18.0 Å². The van der Waals surface area contributed by atoms with Crippen molar-refractivity contribution in [1.29, 1.82) is 0 Å². The van der Waals surface area contributed by atoms with Crippen LogP contribution in [0.25, 0.3) is 0 Å². The van der Waals surface area contributed by atoms with E-state index < -0.39 is 0 Å². The van der Waals surface area contributed by atoms with E-state index in [9.17, 15) is 4.79 Å². The van der Waals surface area contributed by atoms with Crippen molar-refractivity contribution < 1.29 is 9.53 Å². The molecule has 0 spiro atoms.